The lowest BCUT2D eigenvalue weighted by Crippen LogP contribution is -2.53. The maximum atomic E-state index is 14.7. The molecule has 55 heavy (non-hydrogen) atoms. The van der Waals surface area contributed by atoms with Gasteiger partial charge >= 0.3 is 0 Å². The third-order valence-electron chi connectivity index (χ3n) is 11.9. The van der Waals surface area contributed by atoms with E-state index in [1.54, 1.807) is 49.9 Å². The van der Waals surface area contributed by atoms with Gasteiger partial charge in [0.25, 0.3) is 10.0 Å². The highest BCUT2D eigenvalue weighted by Gasteiger charge is 2.58. The highest BCUT2D eigenvalue weighted by atomic mass is 32.2. The van der Waals surface area contributed by atoms with Crippen LogP contribution in [-0.2, 0) is 23.0 Å². The number of sulfonamides is 1. The monoisotopic (exact) mass is 799 g/mol. The van der Waals surface area contributed by atoms with E-state index in [0.29, 0.717) is 66.0 Å². The van der Waals surface area contributed by atoms with Crippen LogP contribution >= 0.6 is 22.7 Å². The minimum Gasteiger partial charge on any atom is -0.497 e. The van der Waals surface area contributed by atoms with Crippen LogP contribution in [0, 0.1) is 5.41 Å². The molecule has 3 aliphatic rings. The van der Waals surface area contributed by atoms with Gasteiger partial charge in [0, 0.05) is 40.4 Å². The van der Waals surface area contributed by atoms with Crippen molar-refractivity contribution in [3.8, 4) is 11.5 Å². The van der Waals surface area contributed by atoms with Crippen molar-refractivity contribution in [1.29, 1.82) is 0 Å². The second-order valence-electron chi connectivity index (χ2n) is 15.3. The Bertz CT molecular complexity index is 2280. The molecule has 2 bridgehead atoms. The molecule has 0 saturated heterocycles. The van der Waals surface area contributed by atoms with Crippen LogP contribution < -0.4 is 9.47 Å². The van der Waals surface area contributed by atoms with Crippen molar-refractivity contribution in [2.45, 2.75) is 87.2 Å². The van der Waals surface area contributed by atoms with Crippen LogP contribution in [0.2, 0.25) is 0 Å². The predicted octanol–water partition coefficient (Wildman–Crippen LogP) is 9.14. The molecule has 1 fully saturated rings. The molecule has 8 nitrogen and oxygen atoms in total. The number of fused-ring (bicyclic) bond motifs is 9. The van der Waals surface area contributed by atoms with E-state index in [4.69, 9.17) is 9.47 Å². The van der Waals surface area contributed by atoms with Crippen LogP contribution in [0.15, 0.2) is 100 Å². The summed E-state index contributed by atoms with van der Waals surface area (Å²) in [4.78, 5) is 15.3. The first-order valence-corrected chi connectivity index (χ1v) is 22.0. The molecule has 2 heterocycles. The number of ketones is 1. The highest BCUT2D eigenvalue weighted by molar-refractivity contribution is 7.91. The third kappa shape index (κ3) is 7.80. The molecule has 4 unspecified atom stereocenters. The SMILES string of the molecule is COc1ccc(CN(CC2(O)CCC3c4ccc(cc4C(=O)c4cc5ccccc5s4)CC(O)CCC(C)=CCCC32C)S(=O)(=O)c2cccs2)c(OC)c1. The fraction of sp³-hybridized carbons (Fsp3) is 0.386. The lowest BCUT2D eigenvalue weighted by Gasteiger charge is -2.46. The summed E-state index contributed by atoms with van der Waals surface area (Å²) in [5.74, 6) is 0.731. The Morgan fingerprint density at radius 1 is 0.982 bits per heavy atom. The Labute approximate surface area is 332 Å². The van der Waals surface area contributed by atoms with Gasteiger partial charge in [-0.2, -0.15) is 4.31 Å². The number of benzene rings is 3. The molecule has 290 valence electrons. The Morgan fingerprint density at radius 3 is 2.55 bits per heavy atom. The minimum atomic E-state index is -4.05. The van der Waals surface area contributed by atoms with E-state index < -0.39 is 27.1 Å². The smallest absolute Gasteiger partial charge is 0.252 e. The molecule has 2 N–H and O–H groups in total. The van der Waals surface area contributed by atoms with Crippen LogP contribution in [0.4, 0.5) is 0 Å². The zero-order valence-corrected chi connectivity index (χ0v) is 34.2. The average molecular weight is 800 g/mol. The van der Waals surface area contributed by atoms with E-state index in [1.807, 2.05) is 48.5 Å². The summed E-state index contributed by atoms with van der Waals surface area (Å²) in [5.41, 5.74) is 1.82. The largest absolute Gasteiger partial charge is 0.497 e. The fourth-order valence-electron chi connectivity index (χ4n) is 8.65. The Morgan fingerprint density at radius 2 is 1.80 bits per heavy atom. The number of thiophene rings is 2. The topological polar surface area (TPSA) is 113 Å². The van der Waals surface area contributed by atoms with Gasteiger partial charge in [0.15, 0.2) is 0 Å². The molecule has 4 atom stereocenters. The number of carbonyl (C=O) groups is 1. The molecule has 5 aromatic rings. The average Bonchev–Trinajstić information content (AvgIpc) is 3.93. The molecule has 0 spiro atoms. The molecular weight excluding hydrogens is 751 g/mol. The number of aliphatic hydroxyl groups is 2. The lowest BCUT2D eigenvalue weighted by atomic mass is 9.65. The second kappa shape index (κ2) is 16.0. The molecule has 0 aliphatic heterocycles. The summed E-state index contributed by atoms with van der Waals surface area (Å²) in [6.45, 7) is 3.98. The van der Waals surface area contributed by atoms with Gasteiger partial charge in [-0.25, -0.2) is 8.42 Å². The predicted molar refractivity (Wildman–Crippen MR) is 220 cm³/mol. The number of ether oxygens (including phenoxy) is 2. The van der Waals surface area contributed by atoms with Gasteiger partial charge in [-0.3, -0.25) is 4.79 Å². The van der Waals surface area contributed by atoms with Gasteiger partial charge in [0.1, 0.15) is 15.7 Å². The maximum Gasteiger partial charge on any atom is 0.252 e. The van der Waals surface area contributed by atoms with Gasteiger partial charge in [-0.15, -0.1) is 22.7 Å². The first kappa shape index (κ1) is 39.4. The zero-order valence-electron chi connectivity index (χ0n) is 31.8. The van der Waals surface area contributed by atoms with E-state index in [9.17, 15) is 23.4 Å². The number of aliphatic hydroxyl groups excluding tert-OH is 1. The summed E-state index contributed by atoms with van der Waals surface area (Å²) < 4.78 is 42.8. The summed E-state index contributed by atoms with van der Waals surface area (Å²) in [7, 11) is -0.945. The summed E-state index contributed by atoms with van der Waals surface area (Å²) >= 11 is 2.62. The zero-order chi connectivity index (χ0) is 39.0. The normalized spacial score (nSPS) is 23.4. The Hall–Kier alpha value is -3.84. The van der Waals surface area contributed by atoms with Crippen LogP contribution in [0.25, 0.3) is 10.1 Å². The van der Waals surface area contributed by atoms with Gasteiger partial charge in [0.05, 0.1) is 30.8 Å². The van der Waals surface area contributed by atoms with Crippen molar-refractivity contribution >= 4 is 48.6 Å². The summed E-state index contributed by atoms with van der Waals surface area (Å²) in [6.07, 6.45) is 5.50. The molecular formula is C44H49NO7S3. The van der Waals surface area contributed by atoms with Crippen molar-refractivity contribution < 1.29 is 32.9 Å². The molecule has 1 saturated carbocycles. The highest BCUT2D eigenvalue weighted by Crippen LogP contribution is 2.59. The van der Waals surface area contributed by atoms with Gasteiger partial charge in [-0.1, -0.05) is 61.0 Å². The number of hydrogen-bond donors (Lipinski definition) is 2. The van der Waals surface area contributed by atoms with Gasteiger partial charge < -0.3 is 19.7 Å². The van der Waals surface area contributed by atoms with Gasteiger partial charge in [0.2, 0.25) is 5.78 Å². The molecule has 0 radical (unpaired) electrons. The number of hydrogen-bond acceptors (Lipinski definition) is 9. The fourth-order valence-corrected chi connectivity index (χ4v) is 12.3. The van der Waals surface area contributed by atoms with Crippen LogP contribution in [0.1, 0.15) is 90.2 Å². The quantitative estimate of drug-likeness (QED) is 0.107. The molecule has 8 rings (SSSR count). The molecule has 3 aliphatic carbocycles. The minimum absolute atomic E-state index is 0.0256. The summed E-state index contributed by atoms with van der Waals surface area (Å²) in [5, 5.41) is 27.0. The summed E-state index contributed by atoms with van der Waals surface area (Å²) in [6, 6.07) is 24.5. The molecule has 2 aromatic heterocycles. The van der Waals surface area contributed by atoms with Crippen molar-refractivity contribution in [3.63, 3.8) is 0 Å². The van der Waals surface area contributed by atoms with E-state index in [-0.39, 0.29) is 29.0 Å². The second-order valence-corrected chi connectivity index (χ2v) is 19.5. The Kier molecular flexibility index (Phi) is 11.4. The van der Waals surface area contributed by atoms with E-state index in [1.165, 1.54) is 21.2 Å². The number of allylic oxidation sites excluding steroid dienone is 2. The number of rotatable bonds is 10. The number of nitrogens with zero attached hydrogens (tertiary/aromatic N) is 1. The lowest BCUT2D eigenvalue weighted by molar-refractivity contribution is -0.0732. The first-order valence-electron chi connectivity index (χ1n) is 18.8. The first-order chi connectivity index (χ1) is 26.3. The van der Waals surface area contributed by atoms with Crippen LogP contribution in [0.3, 0.4) is 0 Å². The maximum absolute atomic E-state index is 14.7. The molecule has 0 amide bonds. The van der Waals surface area contributed by atoms with Crippen LogP contribution in [0.5, 0.6) is 11.5 Å². The number of methoxy groups -OCH3 is 2. The molecule has 11 heteroatoms. The molecule has 3 aromatic carbocycles. The Balaban J connectivity index is 1.34. The van der Waals surface area contributed by atoms with E-state index >= 15 is 0 Å². The third-order valence-corrected chi connectivity index (χ3v) is 16.2. The van der Waals surface area contributed by atoms with Crippen molar-refractivity contribution in [1.82, 2.24) is 4.31 Å². The van der Waals surface area contributed by atoms with Crippen molar-refractivity contribution in [3.05, 3.63) is 123 Å². The van der Waals surface area contributed by atoms with E-state index in [0.717, 1.165) is 39.0 Å². The van der Waals surface area contributed by atoms with Crippen LogP contribution in [-0.4, -0.2) is 61.2 Å². The van der Waals surface area contributed by atoms with E-state index in [2.05, 4.69) is 19.9 Å². The van der Waals surface area contributed by atoms with Crippen molar-refractivity contribution in [2.24, 2.45) is 5.41 Å². The standard InChI is InChI=1S/C44H49NO7S3/c1-29-9-7-20-43(2)37(35-18-14-30(23-33(46)16-13-29)24-36(35)42(47)40-25-31-10-5-6-11-39(31)54-40)19-21-44(43,48)28-45(55(49,50)41-12-8-22-53-41)27-32-15-17-34(51-3)26-38(32)52-4/h5-6,8-12,14-15,17-18,22,24-26,33,37,46,48H,7,13,16,19-21,23,27-28H2,1-4H3. The number of carbonyl (C=O) groups excluding carboxylic acids is 1. The van der Waals surface area contributed by atoms with Gasteiger partial charge in [-0.05, 0) is 110 Å². The van der Waals surface area contributed by atoms with Crippen molar-refractivity contribution in [2.75, 3.05) is 20.8 Å².